The fraction of sp³-hybridized carbons (Fsp3) is 0. The van der Waals surface area contributed by atoms with Gasteiger partial charge < -0.3 is 0 Å². The molecule has 0 spiro atoms. The van der Waals surface area contributed by atoms with E-state index in [-0.39, 0.29) is 0 Å². The molecule has 72 valence electrons. The third kappa shape index (κ3) is 2.24. The number of allylic oxidation sites excluding steroid dienone is 1. The minimum atomic E-state index is 0.489. The Bertz CT molecular complexity index is 496. The molecule has 0 aliphatic rings. The molecule has 0 aliphatic carbocycles. The standard InChI is InChI=1S/C10H6N4S/c11-6-8(5-9-7-15-14-13-9)10-3-1-2-4-12-10/h1-5,7H. The van der Waals surface area contributed by atoms with Gasteiger partial charge in [-0.25, -0.2) is 0 Å². The summed E-state index contributed by atoms with van der Waals surface area (Å²) >= 11 is 1.25. The predicted octanol–water partition coefficient (Wildman–Crippen LogP) is 2.00. The van der Waals surface area contributed by atoms with Crippen LogP contribution in [0.1, 0.15) is 11.4 Å². The average molecular weight is 214 g/mol. The lowest BCUT2D eigenvalue weighted by Crippen LogP contribution is -1.85. The first kappa shape index (κ1) is 9.49. The molecule has 0 radical (unpaired) electrons. The highest BCUT2D eigenvalue weighted by Crippen LogP contribution is 2.14. The van der Waals surface area contributed by atoms with Crippen LogP contribution < -0.4 is 0 Å². The maximum Gasteiger partial charge on any atom is 0.101 e. The maximum atomic E-state index is 8.98. The summed E-state index contributed by atoms with van der Waals surface area (Å²) in [5.41, 5.74) is 1.82. The van der Waals surface area contributed by atoms with Crippen LogP contribution in [0.4, 0.5) is 0 Å². The van der Waals surface area contributed by atoms with E-state index < -0.39 is 0 Å². The minimum Gasteiger partial charge on any atom is -0.256 e. The Labute approximate surface area is 90.7 Å². The molecule has 15 heavy (non-hydrogen) atoms. The summed E-state index contributed by atoms with van der Waals surface area (Å²) < 4.78 is 3.72. The maximum absolute atomic E-state index is 8.98. The van der Waals surface area contributed by atoms with Gasteiger partial charge in [0.1, 0.15) is 6.07 Å². The van der Waals surface area contributed by atoms with E-state index in [0.29, 0.717) is 17.0 Å². The zero-order valence-electron chi connectivity index (χ0n) is 7.66. The molecule has 4 nitrogen and oxygen atoms in total. The van der Waals surface area contributed by atoms with E-state index in [2.05, 4.69) is 20.6 Å². The molecule has 5 heteroatoms. The van der Waals surface area contributed by atoms with Crippen LogP contribution in [0.25, 0.3) is 11.6 Å². The molecule has 0 saturated carbocycles. The summed E-state index contributed by atoms with van der Waals surface area (Å²) in [6.07, 6.45) is 3.33. The number of pyridine rings is 1. The van der Waals surface area contributed by atoms with E-state index >= 15 is 0 Å². The normalized spacial score (nSPS) is 11.0. The van der Waals surface area contributed by atoms with Crippen LogP contribution in [0.2, 0.25) is 0 Å². The third-order valence-electron chi connectivity index (χ3n) is 1.73. The predicted molar refractivity (Wildman–Crippen MR) is 57.6 cm³/mol. The Hall–Kier alpha value is -2.06. The lowest BCUT2D eigenvalue weighted by atomic mass is 10.1. The van der Waals surface area contributed by atoms with Crippen LogP contribution in [-0.2, 0) is 0 Å². The highest BCUT2D eigenvalue weighted by Gasteiger charge is 2.02. The largest absolute Gasteiger partial charge is 0.256 e. The van der Waals surface area contributed by atoms with Crippen LogP contribution in [-0.4, -0.2) is 14.6 Å². The van der Waals surface area contributed by atoms with Gasteiger partial charge in [-0.15, -0.1) is 5.10 Å². The summed E-state index contributed by atoms with van der Waals surface area (Å²) in [6, 6.07) is 7.53. The zero-order valence-corrected chi connectivity index (χ0v) is 8.48. The fourth-order valence-electron chi connectivity index (χ4n) is 1.07. The molecule has 2 heterocycles. The minimum absolute atomic E-state index is 0.489. The van der Waals surface area contributed by atoms with Crippen molar-refractivity contribution in [1.82, 2.24) is 14.6 Å². The second-order valence-electron chi connectivity index (χ2n) is 2.71. The molecule has 0 aromatic carbocycles. The molecule has 2 rings (SSSR count). The first-order valence-corrected chi connectivity index (χ1v) is 5.04. The van der Waals surface area contributed by atoms with E-state index in [4.69, 9.17) is 5.26 Å². The molecule has 0 unspecified atom stereocenters. The zero-order chi connectivity index (χ0) is 10.5. The third-order valence-corrected chi connectivity index (χ3v) is 2.25. The van der Waals surface area contributed by atoms with Gasteiger partial charge in [0.25, 0.3) is 0 Å². The van der Waals surface area contributed by atoms with Crippen LogP contribution in [0.3, 0.4) is 0 Å². The molecule has 0 aliphatic heterocycles. The van der Waals surface area contributed by atoms with Crippen molar-refractivity contribution in [2.45, 2.75) is 0 Å². The Kier molecular flexibility index (Phi) is 2.81. The number of aromatic nitrogens is 3. The summed E-state index contributed by atoms with van der Waals surface area (Å²) in [6.45, 7) is 0. The SMILES string of the molecule is N#CC(=Cc1csnn1)c1ccccn1. The van der Waals surface area contributed by atoms with Crippen LogP contribution in [0, 0.1) is 11.3 Å². The van der Waals surface area contributed by atoms with Crippen molar-refractivity contribution in [3.05, 3.63) is 41.2 Å². The quantitative estimate of drug-likeness (QED) is 0.717. The molecule has 0 bridgehead atoms. The summed E-state index contributed by atoms with van der Waals surface area (Å²) in [5, 5.41) is 14.6. The fourth-order valence-corrected chi connectivity index (χ4v) is 1.48. The van der Waals surface area contributed by atoms with Gasteiger partial charge in [0.05, 0.1) is 17.0 Å². The Morgan fingerprint density at radius 2 is 2.40 bits per heavy atom. The van der Waals surface area contributed by atoms with E-state index in [0.717, 1.165) is 0 Å². The van der Waals surface area contributed by atoms with Crippen LogP contribution >= 0.6 is 11.5 Å². The Morgan fingerprint density at radius 1 is 1.47 bits per heavy atom. The second kappa shape index (κ2) is 4.44. The van der Waals surface area contributed by atoms with Crippen LogP contribution in [0.5, 0.6) is 0 Å². The van der Waals surface area contributed by atoms with Gasteiger partial charge in [-0.05, 0) is 29.7 Å². The van der Waals surface area contributed by atoms with Gasteiger partial charge in [0.2, 0.25) is 0 Å². The van der Waals surface area contributed by atoms with Crippen molar-refractivity contribution < 1.29 is 0 Å². The summed E-state index contributed by atoms with van der Waals surface area (Å²) in [4.78, 5) is 4.09. The average Bonchev–Trinajstić information content (AvgIpc) is 2.80. The lowest BCUT2D eigenvalue weighted by Gasteiger charge is -1.94. The highest BCUT2D eigenvalue weighted by atomic mass is 32.1. The van der Waals surface area contributed by atoms with Gasteiger partial charge in [0.15, 0.2) is 0 Å². The molecule has 0 saturated heterocycles. The number of nitriles is 1. The second-order valence-corrected chi connectivity index (χ2v) is 3.32. The van der Waals surface area contributed by atoms with E-state index in [1.54, 1.807) is 23.7 Å². The molecule has 0 amide bonds. The lowest BCUT2D eigenvalue weighted by molar-refractivity contribution is 1.14. The Balaban J connectivity index is 2.38. The molecule has 2 aromatic heterocycles. The number of hydrogen-bond donors (Lipinski definition) is 0. The number of nitrogens with zero attached hydrogens (tertiary/aromatic N) is 4. The van der Waals surface area contributed by atoms with Gasteiger partial charge in [0, 0.05) is 11.6 Å². The summed E-state index contributed by atoms with van der Waals surface area (Å²) in [7, 11) is 0. The first-order valence-electron chi connectivity index (χ1n) is 4.20. The van der Waals surface area contributed by atoms with Gasteiger partial charge >= 0.3 is 0 Å². The van der Waals surface area contributed by atoms with Crippen molar-refractivity contribution in [2.24, 2.45) is 0 Å². The number of rotatable bonds is 2. The van der Waals surface area contributed by atoms with Crippen molar-refractivity contribution in [3.63, 3.8) is 0 Å². The van der Waals surface area contributed by atoms with Crippen molar-refractivity contribution in [2.75, 3.05) is 0 Å². The van der Waals surface area contributed by atoms with Crippen molar-refractivity contribution >= 4 is 23.2 Å². The Morgan fingerprint density at radius 3 is 3.00 bits per heavy atom. The van der Waals surface area contributed by atoms with Crippen LogP contribution in [0.15, 0.2) is 29.8 Å². The number of hydrogen-bond acceptors (Lipinski definition) is 5. The van der Waals surface area contributed by atoms with E-state index in [1.807, 2.05) is 12.1 Å². The molecule has 0 N–H and O–H groups in total. The summed E-state index contributed by atoms with van der Waals surface area (Å²) in [5.74, 6) is 0. The molecule has 0 atom stereocenters. The molecule has 2 aromatic rings. The van der Waals surface area contributed by atoms with Crippen molar-refractivity contribution in [3.8, 4) is 6.07 Å². The monoisotopic (exact) mass is 214 g/mol. The smallest absolute Gasteiger partial charge is 0.101 e. The van der Waals surface area contributed by atoms with Gasteiger partial charge in [-0.1, -0.05) is 10.6 Å². The van der Waals surface area contributed by atoms with E-state index in [9.17, 15) is 0 Å². The highest BCUT2D eigenvalue weighted by molar-refractivity contribution is 7.03. The molecule has 0 fully saturated rings. The topological polar surface area (TPSA) is 62.5 Å². The first-order chi connectivity index (χ1) is 7.40. The van der Waals surface area contributed by atoms with Gasteiger partial charge in [-0.2, -0.15) is 5.26 Å². The molecular formula is C10H6N4S. The van der Waals surface area contributed by atoms with Gasteiger partial charge in [-0.3, -0.25) is 4.98 Å². The van der Waals surface area contributed by atoms with E-state index in [1.165, 1.54) is 11.5 Å². The molecular weight excluding hydrogens is 208 g/mol. The van der Waals surface area contributed by atoms with Crippen molar-refractivity contribution in [1.29, 1.82) is 5.26 Å².